The van der Waals surface area contributed by atoms with Gasteiger partial charge in [-0.05, 0) is 50.5 Å². The van der Waals surface area contributed by atoms with Crippen molar-refractivity contribution in [3.63, 3.8) is 0 Å². The molecule has 0 bridgehead atoms. The van der Waals surface area contributed by atoms with Crippen molar-refractivity contribution in [2.75, 3.05) is 0 Å². The van der Waals surface area contributed by atoms with E-state index in [2.05, 4.69) is 20.6 Å². The highest BCUT2D eigenvalue weighted by Crippen LogP contribution is 2.24. The number of amides is 1. The zero-order valence-corrected chi connectivity index (χ0v) is 12.9. The van der Waals surface area contributed by atoms with E-state index >= 15 is 0 Å². The Kier molecular flexibility index (Phi) is 3.24. The minimum atomic E-state index is -0.0344. The van der Waals surface area contributed by atoms with Crippen LogP contribution < -0.4 is 5.32 Å². The van der Waals surface area contributed by atoms with Gasteiger partial charge < -0.3 is 5.32 Å². The number of nitrogens with one attached hydrogen (secondary N) is 2. The first-order chi connectivity index (χ1) is 10.7. The van der Waals surface area contributed by atoms with E-state index in [1.165, 1.54) is 24.1 Å². The van der Waals surface area contributed by atoms with E-state index < -0.39 is 0 Å². The first-order valence-electron chi connectivity index (χ1n) is 8.12. The first kappa shape index (κ1) is 13.5. The molecule has 2 aromatic heterocycles. The van der Waals surface area contributed by atoms with E-state index in [0.29, 0.717) is 6.54 Å². The number of aromatic nitrogens is 4. The van der Waals surface area contributed by atoms with Gasteiger partial charge in [0.25, 0.3) is 5.91 Å². The zero-order chi connectivity index (χ0) is 15.1. The van der Waals surface area contributed by atoms with Crippen molar-refractivity contribution in [2.45, 2.75) is 51.5 Å². The lowest BCUT2D eigenvalue weighted by Crippen LogP contribution is -2.27. The molecule has 6 heteroatoms. The molecular weight excluding hydrogens is 278 g/mol. The number of aryl methyl sites for hydroxylation is 3. The van der Waals surface area contributed by atoms with Crippen LogP contribution in [0.25, 0.3) is 0 Å². The summed E-state index contributed by atoms with van der Waals surface area (Å²) in [5.74, 6) is -0.0344. The molecule has 0 atom stereocenters. The van der Waals surface area contributed by atoms with Gasteiger partial charge in [-0.15, -0.1) is 0 Å². The quantitative estimate of drug-likeness (QED) is 0.900. The highest BCUT2D eigenvalue weighted by molar-refractivity contribution is 5.94. The fourth-order valence-corrected chi connectivity index (χ4v) is 3.75. The molecule has 6 nitrogen and oxygen atoms in total. The second-order valence-corrected chi connectivity index (χ2v) is 6.27. The van der Waals surface area contributed by atoms with Gasteiger partial charge >= 0.3 is 0 Å². The Hall–Kier alpha value is -2.11. The number of H-pyrrole nitrogens is 1. The molecule has 2 aromatic rings. The molecule has 0 radical (unpaired) electrons. The second kappa shape index (κ2) is 5.26. The smallest absolute Gasteiger partial charge is 0.270 e. The van der Waals surface area contributed by atoms with Crippen LogP contribution in [0.2, 0.25) is 0 Å². The van der Waals surface area contributed by atoms with Crippen LogP contribution in [0.15, 0.2) is 0 Å². The molecule has 0 aliphatic heterocycles. The van der Waals surface area contributed by atoms with Gasteiger partial charge in [0.05, 0.1) is 17.9 Å². The lowest BCUT2D eigenvalue weighted by Gasteiger charge is -2.11. The minimum Gasteiger partial charge on any atom is -0.345 e. The van der Waals surface area contributed by atoms with Gasteiger partial charge in [-0.25, -0.2) is 0 Å². The van der Waals surface area contributed by atoms with Gasteiger partial charge in [-0.2, -0.15) is 10.2 Å². The third-order valence-electron chi connectivity index (χ3n) is 4.84. The van der Waals surface area contributed by atoms with E-state index in [4.69, 9.17) is 0 Å². The normalized spacial score (nSPS) is 16.4. The lowest BCUT2D eigenvalue weighted by molar-refractivity contribution is 0.0940. The topological polar surface area (TPSA) is 75.6 Å². The SMILES string of the molecule is Cn1nc2c(c1C(=O)NCc1n[nH]c3c1CCC3)CCCC2. The van der Waals surface area contributed by atoms with Crippen LogP contribution in [0.4, 0.5) is 0 Å². The maximum Gasteiger partial charge on any atom is 0.270 e. The van der Waals surface area contributed by atoms with Crippen LogP contribution in [-0.2, 0) is 39.3 Å². The number of hydrogen-bond acceptors (Lipinski definition) is 3. The molecule has 0 unspecified atom stereocenters. The van der Waals surface area contributed by atoms with Crippen LogP contribution in [0.5, 0.6) is 0 Å². The van der Waals surface area contributed by atoms with E-state index in [-0.39, 0.29) is 5.91 Å². The first-order valence-corrected chi connectivity index (χ1v) is 8.12. The van der Waals surface area contributed by atoms with E-state index in [9.17, 15) is 4.79 Å². The van der Waals surface area contributed by atoms with Crippen molar-refractivity contribution in [1.82, 2.24) is 25.3 Å². The van der Waals surface area contributed by atoms with Crippen LogP contribution in [0.3, 0.4) is 0 Å². The van der Waals surface area contributed by atoms with Gasteiger partial charge in [0.2, 0.25) is 0 Å². The summed E-state index contributed by atoms with van der Waals surface area (Å²) in [6.07, 6.45) is 7.59. The van der Waals surface area contributed by atoms with Gasteiger partial charge in [0, 0.05) is 18.3 Å². The molecule has 116 valence electrons. The molecule has 0 saturated heterocycles. The number of carbonyl (C=O) groups excluding carboxylic acids is 1. The molecule has 2 N–H and O–H groups in total. The summed E-state index contributed by atoms with van der Waals surface area (Å²) in [5.41, 5.74) is 6.48. The van der Waals surface area contributed by atoms with Crippen molar-refractivity contribution in [3.8, 4) is 0 Å². The number of rotatable bonds is 3. The Morgan fingerprint density at radius 2 is 2.00 bits per heavy atom. The van der Waals surface area contributed by atoms with E-state index in [0.717, 1.165) is 54.7 Å². The predicted molar refractivity (Wildman–Crippen MR) is 81.6 cm³/mol. The summed E-state index contributed by atoms with van der Waals surface area (Å²) in [6.45, 7) is 0.491. The van der Waals surface area contributed by atoms with E-state index in [1.54, 1.807) is 4.68 Å². The summed E-state index contributed by atoms with van der Waals surface area (Å²) >= 11 is 0. The Labute approximate surface area is 129 Å². The van der Waals surface area contributed by atoms with Crippen molar-refractivity contribution in [1.29, 1.82) is 0 Å². The maximum atomic E-state index is 12.6. The molecular formula is C16H21N5O. The average Bonchev–Trinajstić information content (AvgIpc) is 3.18. The molecule has 2 heterocycles. The predicted octanol–water partition coefficient (Wildman–Crippen LogP) is 1.44. The number of nitrogens with zero attached hydrogens (tertiary/aromatic N) is 3. The van der Waals surface area contributed by atoms with Gasteiger partial charge in [0.15, 0.2) is 0 Å². The van der Waals surface area contributed by atoms with Crippen LogP contribution in [-0.4, -0.2) is 25.9 Å². The third kappa shape index (κ3) is 2.14. The molecule has 1 amide bonds. The number of aromatic amines is 1. The second-order valence-electron chi connectivity index (χ2n) is 6.27. The molecule has 22 heavy (non-hydrogen) atoms. The fourth-order valence-electron chi connectivity index (χ4n) is 3.75. The number of hydrogen-bond donors (Lipinski definition) is 2. The van der Waals surface area contributed by atoms with Gasteiger partial charge in [-0.1, -0.05) is 0 Å². The minimum absolute atomic E-state index is 0.0344. The van der Waals surface area contributed by atoms with Crippen LogP contribution >= 0.6 is 0 Å². The molecule has 2 aliphatic rings. The summed E-state index contributed by atoms with van der Waals surface area (Å²) in [5, 5.41) is 15.0. The summed E-state index contributed by atoms with van der Waals surface area (Å²) in [6, 6.07) is 0. The lowest BCUT2D eigenvalue weighted by atomic mass is 9.95. The van der Waals surface area contributed by atoms with Crippen molar-refractivity contribution < 1.29 is 4.79 Å². The third-order valence-corrected chi connectivity index (χ3v) is 4.84. The molecule has 0 spiro atoms. The summed E-state index contributed by atoms with van der Waals surface area (Å²) in [7, 11) is 1.86. The Morgan fingerprint density at radius 1 is 1.18 bits per heavy atom. The average molecular weight is 299 g/mol. The maximum absolute atomic E-state index is 12.6. The highest BCUT2D eigenvalue weighted by atomic mass is 16.2. The van der Waals surface area contributed by atoms with Crippen LogP contribution in [0.1, 0.15) is 58.0 Å². The fraction of sp³-hybridized carbons (Fsp3) is 0.562. The molecule has 4 rings (SSSR count). The molecule has 0 aromatic carbocycles. The molecule has 0 fully saturated rings. The van der Waals surface area contributed by atoms with Crippen LogP contribution in [0, 0.1) is 0 Å². The van der Waals surface area contributed by atoms with Gasteiger partial charge in [0.1, 0.15) is 5.69 Å². The standard InChI is InChI=1S/C16H21N5O/c1-21-15(11-5-2-3-7-13(11)20-21)16(22)17-9-14-10-6-4-8-12(10)18-19-14/h2-9H2,1H3,(H,17,22)(H,18,19). The zero-order valence-electron chi connectivity index (χ0n) is 12.9. The van der Waals surface area contributed by atoms with Gasteiger partial charge in [-0.3, -0.25) is 14.6 Å². The monoisotopic (exact) mass is 299 g/mol. The molecule has 2 aliphatic carbocycles. The van der Waals surface area contributed by atoms with Crippen molar-refractivity contribution in [3.05, 3.63) is 33.9 Å². The van der Waals surface area contributed by atoms with Crippen molar-refractivity contribution >= 4 is 5.91 Å². The molecule has 0 saturated carbocycles. The Morgan fingerprint density at radius 3 is 2.91 bits per heavy atom. The number of fused-ring (bicyclic) bond motifs is 2. The Balaban J connectivity index is 1.52. The summed E-state index contributed by atoms with van der Waals surface area (Å²) < 4.78 is 1.74. The van der Waals surface area contributed by atoms with E-state index in [1.807, 2.05) is 7.05 Å². The highest BCUT2D eigenvalue weighted by Gasteiger charge is 2.24. The Bertz CT molecular complexity index is 727. The summed E-state index contributed by atoms with van der Waals surface area (Å²) in [4.78, 5) is 12.6. The van der Waals surface area contributed by atoms with Crippen molar-refractivity contribution in [2.24, 2.45) is 7.05 Å². The number of carbonyl (C=O) groups is 1. The largest absolute Gasteiger partial charge is 0.345 e.